The van der Waals surface area contributed by atoms with Crippen molar-refractivity contribution in [3.63, 3.8) is 0 Å². The van der Waals surface area contributed by atoms with Crippen molar-refractivity contribution in [1.29, 1.82) is 0 Å². The molecule has 1 aromatic carbocycles. The predicted octanol–water partition coefficient (Wildman–Crippen LogP) is 1.97. The Balaban J connectivity index is 2.06. The fourth-order valence-corrected chi connectivity index (χ4v) is 3.70. The van der Waals surface area contributed by atoms with Crippen molar-refractivity contribution in [2.45, 2.75) is 30.6 Å². The summed E-state index contributed by atoms with van der Waals surface area (Å²) in [7, 11) is 1.72. The lowest BCUT2D eigenvalue weighted by molar-refractivity contribution is 0.403. The monoisotopic (exact) mass is 252 g/mol. The van der Waals surface area contributed by atoms with Gasteiger partial charge in [0.15, 0.2) is 0 Å². The molecule has 0 radical (unpaired) electrons. The SMILES string of the molecule is COc1ccccc1CC(NN)C1CCCS1. The van der Waals surface area contributed by atoms with Crippen LogP contribution in [0.1, 0.15) is 18.4 Å². The number of nitrogens with one attached hydrogen (secondary N) is 1. The molecule has 1 aliphatic heterocycles. The van der Waals surface area contributed by atoms with Crippen molar-refractivity contribution in [3.05, 3.63) is 29.8 Å². The van der Waals surface area contributed by atoms with E-state index >= 15 is 0 Å². The van der Waals surface area contributed by atoms with E-state index in [9.17, 15) is 0 Å². The molecule has 4 heteroatoms. The third-order valence-corrected chi connectivity index (χ3v) is 4.78. The lowest BCUT2D eigenvalue weighted by Gasteiger charge is -2.22. The number of para-hydroxylation sites is 1. The van der Waals surface area contributed by atoms with Gasteiger partial charge in [-0.15, -0.1) is 0 Å². The maximum Gasteiger partial charge on any atom is 0.122 e. The van der Waals surface area contributed by atoms with Crippen LogP contribution in [0.5, 0.6) is 5.75 Å². The smallest absolute Gasteiger partial charge is 0.122 e. The van der Waals surface area contributed by atoms with Gasteiger partial charge in [0.2, 0.25) is 0 Å². The highest BCUT2D eigenvalue weighted by molar-refractivity contribution is 8.00. The molecular weight excluding hydrogens is 232 g/mol. The molecule has 94 valence electrons. The van der Waals surface area contributed by atoms with Crippen LogP contribution in [0.2, 0.25) is 0 Å². The Morgan fingerprint density at radius 2 is 2.35 bits per heavy atom. The lowest BCUT2D eigenvalue weighted by Crippen LogP contribution is -2.43. The van der Waals surface area contributed by atoms with E-state index in [2.05, 4.69) is 11.5 Å². The molecule has 1 fully saturated rings. The van der Waals surface area contributed by atoms with E-state index in [-0.39, 0.29) is 0 Å². The molecule has 1 aliphatic rings. The zero-order valence-corrected chi connectivity index (χ0v) is 11.0. The first-order valence-corrected chi connectivity index (χ1v) is 7.09. The first-order chi connectivity index (χ1) is 8.35. The first-order valence-electron chi connectivity index (χ1n) is 6.04. The molecule has 2 atom stereocenters. The zero-order valence-electron chi connectivity index (χ0n) is 10.2. The van der Waals surface area contributed by atoms with Crippen LogP contribution >= 0.6 is 11.8 Å². The Bertz CT molecular complexity index is 353. The first kappa shape index (κ1) is 12.7. The van der Waals surface area contributed by atoms with Crippen molar-refractivity contribution < 1.29 is 4.74 Å². The third kappa shape index (κ3) is 3.15. The van der Waals surface area contributed by atoms with Crippen LogP contribution in [0.3, 0.4) is 0 Å². The fourth-order valence-electron chi connectivity index (χ4n) is 2.33. The molecule has 0 amide bonds. The average Bonchev–Trinajstić information content (AvgIpc) is 2.90. The Kier molecular flexibility index (Phi) is 4.71. The molecule has 1 heterocycles. The van der Waals surface area contributed by atoms with Gasteiger partial charge in [0, 0.05) is 11.3 Å². The third-order valence-electron chi connectivity index (χ3n) is 3.26. The van der Waals surface area contributed by atoms with Gasteiger partial charge in [-0.1, -0.05) is 18.2 Å². The maximum absolute atomic E-state index is 5.69. The summed E-state index contributed by atoms with van der Waals surface area (Å²) in [6.45, 7) is 0. The minimum atomic E-state index is 0.332. The lowest BCUT2D eigenvalue weighted by atomic mass is 10.0. The Labute approximate surface area is 107 Å². The van der Waals surface area contributed by atoms with Crippen LogP contribution in [-0.2, 0) is 6.42 Å². The van der Waals surface area contributed by atoms with Crippen LogP contribution in [-0.4, -0.2) is 24.2 Å². The van der Waals surface area contributed by atoms with E-state index in [1.807, 2.05) is 30.0 Å². The minimum absolute atomic E-state index is 0.332. The molecule has 0 aromatic heterocycles. The number of thioether (sulfide) groups is 1. The van der Waals surface area contributed by atoms with Crippen LogP contribution in [0.25, 0.3) is 0 Å². The number of hydrogen-bond donors (Lipinski definition) is 2. The molecule has 3 nitrogen and oxygen atoms in total. The normalized spacial score (nSPS) is 21.4. The fraction of sp³-hybridized carbons (Fsp3) is 0.538. The topological polar surface area (TPSA) is 47.3 Å². The zero-order chi connectivity index (χ0) is 12.1. The van der Waals surface area contributed by atoms with Gasteiger partial charge in [-0.2, -0.15) is 11.8 Å². The van der Waals surface area contributed by atoms with Crippen LogP contribution in [0, 0.1) is 0 Å². The number of nitrogens with two attached hydrogens (primary N) is 1. The molecule has 1 saturated heterocycles. The molecule has 2 unspecified atom stereocenters. The van der Waals surface area contributed by atoms with Gasteiger partial charge in [0.25, 0.3) is 0 Å². The van der Waals surface area contributed by atoms with Gasteiger partial charge < -0.3 is 4.74 Å². The molecule has 17 heavy (non-hydrogen) atoms. The second-order valence-corrected chi connectivity index (χ2v) is 5.69. The molecule has 3 N–H and O–H groups in total. The Morgan fingerprint density at radius 1 is 1.53 bits per heavy atom. The Hall–Kier alpha value is -0.710. The van der Waals surface area contributed by atoms with E-state index in [4.69, 9.17) is 10.6 Å². The van der Waals surface area contributed by atoms with Crippen LogP contribution in [0.4, 0.5) is 0 Å². The van der Waals surface area contributed by atoms with Crippen molar-refractivity contribution in [2.75, 3.05) is 12.9 Å². The van der Waals surface area contributed by atoms with E-state index in [0.717, 1.165) is 12.2 Å². The maximum atomic E-state index is 5.69. The molecule has 2 rings (SSSR count). The predicted molar refractivity (Wildman–Crippen MR) is 73.3 cm³/mol. The number of methoxy groups -OCH3 is 1. The summed E-state index contributed by atoms with van der Waals surface area (Å²) in [5.74, 6) is 7.90. The van der Waals surface area contributed by atoms with Crippen LogP contribution in [0.15, 0.2) is 24.3 Å². The summed E-state index contributed by atoms with van der Waals surface area (Å²) in [5.41, 5.74) is 4.19. The van der Waals surface area contributed by atoms with Crippen molar-refractivity contribution in [1.82, 2.24) is 5.43 Å². The number of hydrazine groups is 1. The van der Waals surface area contributed by atoms with Gasteiger partial charge >= 0.3 is 0 Å². The summed E-state index contributed by atoms with van der Waals surface area (Å²) in [6.07, 6.45) is 3.49. The van der Waals surface area contributed by atoms with E-state index in [0.29, 0.717) is 11.3 Å². The molecular formula is C13H20N2OS. The number of ether oxygens (including phenoxy) is 1. The van der Waals surface area contributed by atoms with Crippen LogP contribution < -0.4 is 16.0 Å². The quantitative estimate of drug-likeness (QED) is 0.621. The average molecular weight is 252 g/mol. The minimum Gasteiger partial charge on any atom is -0.496 e. The van der Waals surface area contributed by atoms with Gasteiger partial charge in [0.1, 0.15) is 5.75 Å². The largest absolute Gasteiger partial charge is 0.496 e. The molecule has 0 aliphatic carbocycles. The molecule has 0 bridgehead atoms. The van der Waals surface area contributed by atoms with Gasteiger partial charge in [-0.25, -0.2) is 0 Å². The molecule has 0 spiro atoms. The second kappa shape index (κ2) is 6.28. The summed E-state index contributed by atoms with van der Waals surface area (Å²) in [4.78, 5) is 0. The summed E-state index contributed by atoms with van der Waals surface area (Å²) < 4.78 is 5.38. The molecule has 0 saturated carbocycles. The van der Waals surface area contributed by atoms with E-state index in [1.165, 1.54) is 24.2 Å². The number of rotatable bonds is 5. The Morgan fingerprint density at radius 3 is 3.00 bits per heavy atom. The molecule has 1 aromatic rings. The second-order valence-electron chi connectivity index (χ2n) is 4.34. The standard InChI is InChI=1S/C13H20N2OS/c1-16-12-6-3-2-5-10(12)9-11(15-14)13-7-4-8-17-13/h2-3,5-6,11,13,15H,4,7-9,14H2,1H3. The highest BCUT2D eigenvalue weighted by atomic mass is 32.2. The number of hydrogen-bond acceptors (Lipinski definition) is 4. The summed E-state index contributed by atoms with van der Waals surface area (Å²) >= 11 is 2.02. The van der Waals surface area contributed by atoms with Gasteiger partial charge in [0.05, 0.1) is 7.11 Å². The van der Waals surface area contributed by atoms with Gasteiger partial charge in [-0.05, 0) is 36.6 Å². The highest BCUT2D eigenvalue weighted by Gasteiger charge is 2.25. The van der Waals surface area contributed by atoms with Crippen molar-refractivity contribution in [3.8, 4) is 5.75 Å². The summed E-state index contributed by atoms with van der Waals surface area (Å²) in [6, 6.07) is 8.50. The highest BCUT2D eigenvalue weighted by Crippen LogP contribution is 2.31. The van der Waals surface area contributed by atoms with Gasteiger partial charge in [-0.3, -0.25) is 11.3 Å². The summed E-state index contributed by atoms with van der Waals surface area (Å²) in [5, 5.41) is 0.630. The van der Waals surface area contributed by atoms with Crippen molar-refractivity contribution in [2.24, 2.45) is 5.84 Å². The number of benzene rings is 1. The van der Waals surface area contributed by atoms with Crippen molar-refractivity contribution >= 4 is 11.8 Å². The van der Waals surface area contributed by atoms with E-state index < -0.39 is 0 Å². The van der Waals surface area contributed by atoms with E-state index in [1.54, 1.807) is 7.11 Å².